The maximum absolute atomic E-state index is 13.1. The number of rotatable bonds is 4. The maximum Gasteiger partial charge on any atom is 0.0948 e. The highest BCUT2D eigenvalue weighted by molar-refractivity contribution is 4.81. The lowest BCUT2D eigenvalue weighted by atomic mass is 9.71. The first-order valence-corrected chi connectivity index (χ1v) is 6.04. The monoisotopic (exact) mass is 216 g/mol. The number of alkyl halides is 1. The van der Waals surface area contributed by atoms with Gasteiger partial charge in [0.25, 0.3) is 0 Å². The molecule has 0 rings (SSSR count). The zero-order valence-corrected chi connectivity index (χ0v) is 11.7. The van der Waals surface area contributed by atoms with E-state index in [4.69, 9.17) is 0 Å². The van der Waals surface area contributed by atoms with Gasteiger partial charge in [-0.2, -0.15) is 0 Å². The van der Waals surface area contributed by atoms with Crippen molar-refractivity contribution in [2.45, 2.75) is 67.7 Å². The van der Waals surface area contributed by atoms with Gasteiger partial charge in [0.15, 0.2) is 0 Å². The van der Waals surface area contributed by atoms with Gasteiger partial charge in [-0.25, -0.2) is 0 Å². The van der Waals surface area contributed by atoms with Crippen LogP contribution in [-0.4, -0.2) is 6.67 Å². The summed E-state index contributed by atoms with van der Waals surface area (Å²) in [6.45, 7) is 15.1. The largest absolute Gasteiger partial charge is 0.251 e. The Morgan fingerprint density at radius 2 is 1.20 bits per heavy atom. The first-order valence-electron chi connectivity index (χ1n) is 6.04. The summed E-state index contributed by atoms with van der Waals surface area (Å²) in [7, 11) is 0. The number of halogens is 1. The van der Waals surface area contributed by atoms with Gasteiger partial charge in [-0.05, 0) is 35.5 Å². The lowest BCUT2D eigenvalue weighted by Crippen LogP contribution is -2.27. The molecule has 0 nitrogen and oxygen atoms in total. The van der Waals surface area contributed by atoms with Gasteiger partial charge < -0.3 is 0 Å². The third kappa shape index (κ3) is 7.81. The van der Waals surface area contributed by atoms with Crippen LogP contribution in [0, 0.1) is 16.2 Å². The van der Waals surface area contributed by atoms with Gasteiger partial charge in [-0.3, -0.25) is 4.39 Å². The molecule has 0 bridgehead atoms. The minimum absolute atomic E-state index is 0.133. The summed E-state index contributed by atoms with van der Waals surface area (Å²) in [6.07, 6.45) is 3.06. The molecule has 0 amide bonds. The Kier molecular flexibility index (Phi) is 4.82. The second kappa shape index (κ2) is 4.84. The van der Waals surface area contributed by atoms with Crippen molar-refractivity contribution in [3.05, 3.63) is 0 Å². The van der Waals surface area contributed by atoms with Crippen molar-refractivity contribution >= 4 is 0 Å². The normalized spacial score (nSPS) is 17.6. The molecular weight excluding hydrogens is 187 g/mol. The second-order valence-corrected chi connectivity index (χ2v) is 7.74. The predicted molar refractivity (Wildman–Crippen MR) is 66.8 cm³/mol. The van der Waals surface area contributed by atoms with Crippen LogP contribution in [0.5, 0.6) is 0 Å². The SMILES string of the molecule is CC(C)(C)CC[C@](C)(CF)CC(C)(C)C. The number of hydrogen-bond acceptors (Lipinski definition) is 0. The Labute approximate surface area is 95.6 Å². The van der Waals surface area contributed by atoms with Gasteiger partial charge in [0.1, 0.15) is 0 Å². The van der Waals surface area contributed by atoms with Crippen molar-refractivity contribution in [3.8, 4) is 0 Å². The summed E-state index contributed by atoms with van der Waals surface area (Å²) >= 11 is 0. The highest BCUT2D eigenvalue weighted by Crippen LogP contribution is 2.39. The fourth-order valence-electron chi connectivity index (χ4n) is 2.16. The van der Waals surface area contributed by atoms with E-state index in [1.54, 1.807) is 0 Å². The first kappa shape index (κ1) is 14.9. The van der Waals surface area contributed by atoms with E-state index in [9.17, 15) is 4.39 Å². The Morgan fingerprint density at radius 3 is 1.47 bits per heavy atom. The molecule has 0 unspecified atom stereocenters. The molecular formula is C14H29F. The van der Waals surface area contributed by atoms with E-state index in [-0.39, 0.29) is 17.5 Å². The maximum atomic E-state index is 13.1. The lowest BCUT2D eigenvalue weighted by Gasteiger charge is -2.35. The van der Waals surface area contributed by atoms with Crippen LogP contribution in [0.4, 0.5) is 4.39 Å². The predicted octanol–water partition coefficient (Wildman–Crippen LogP) is 5.22. The third-order valence-electron chi connectivity index (χ3n) is 2.76. The Morgan fingerprint density at radius 1 is 0.733 bits per heavy atom. The number of hydrogen-bond donors (Lipinski definition) is 0. The molecule has 15 heavy (non-hydrogen) atoms. The van der Waals surface area contributed by atoms with E-state index >= 15 is 0 Å². The zero-order chi connectivity index (χ0) is 12.3. The van der Waals surface area contributed by atoms with Crippen molar-refractivity contribution < 1.29 is 4.39 Å². The molecule has 92 valence electrons. The second-order valence-electron chi connectivity index (χ2n) is 7.74. The van der Waals surface area contributed by atoms with E-state index in [1.165, 1.54) is 0 Å². The molecule has 0 fully saturated rings. The van der Waals surface area contributed by atoms with E-state index in [0.717, 1.165) is 19.3 Å². The fourth-order valence-corrected chi connectivity index (χ4v) is 2.16. The summed E-state index contributed by atoms with van der Waals surface area (Å²) < 4.78 is 13.1. The summed E-state index contributed by atoms with van der Waals surface area (Å²) in [4.78, 5) is 0. The van der Waals surface area contributed by atoms with Crippen LogP contribution in [0.1, 0.15) is 67.7 Å². The molecule has 0 spiro atoms. The van der Waals surface area contributed by atoms with E-state index in [1.807, 2.05) is 0 Å². The summed E-state index contributed by atoms with van der Waals surface area (Å²) in [5.74, 6) is 0. The standard InChI is InChI=1S/C14H29F/c1-12(2,3)8-9-14(7,11-15)10-13(4,5)6/h8-11H2,1-7H3/t14-/m0/s1. The zero-order valence-electron chi connectivity index (χ0n) is 11.7. The topological polar surface area (TPSA) is 0 Å². The van der Waals surface area contributed by atoms with Crippen LogP contribution < -0.4 is 0 Å². The highest BCUT2D eigenvalue weighted by atomic mass is 19.1. The molecule has 0 heterocycles. The van der Waals surface area contributed by atoms with Gasteiger partial charge in [0.2, 0.25) is 0 Å². The van der Waals surface area contributed by atoms with Crippen LogP contribution in [0.15, 0.2) is 0 Å². The van der Waals surface area contributed by atoms with E-state index in [0.29, 0.717) is 5.41 Å². The molecule has 0 saturated carbocycles. The Bertz CT molecular complexity index is 182. The molecule has 1 heteroatoms. The van der Waals surface area contributed by atoms with Crippen LogP contribution in [-0.2, 0) is 0 Å². The van der Waals surface area contributed by atoms with Crippen molar-refractivity contribution in [3.63, 3.8) is 0 Å². The van der Waals surface area contributed by atoms with Gasteiger partial charge in [0.05, 0.1) is 6.67 Å². The molecule has 0 saturated heterocycles. The summed E-state index contributed by atoms with van der Waals surface area (Å²) in [6, 6.07) is 0. The Balaban J connectivity index is 4.32. The van der Waals surface area contributed by atoms with Gasteiger partial charge in [0, 0.05) is 0 Å². The van der Waals surface area contributed by atoms with Crippen LogP contribution in [0.25, 0.3) is 0 Å². The third-order valence-corrected chi connectivity index (χ3v) is 2.76. The molecule has 0 aromatic carbocycles. The summed E-state index contributed by atoms with van der Waals surface area (Å²) in [5.41, 5.74) is 0.401. The molecule has 0 aliphatic rings. The van der Waals surface area contributed by atoms with Crippen LogP contribution in [0.3, 0.4) is 0 Å². The highest BCUT2D eigenvalue weighted by Gasteiger charge is 2.31. The first-order chi connectivity index (χ1) is 6.47. The molecule has 0 aliphatic carbocycles. The van der Waals surface area contributed by atoms with Gasteiger partial charge >= 0.3 is 0 Å². The van der Waals surface area contributed by atoms with E-state index in [2.05, 4.69) is 48.5 Å². The van der Waals surface area contributed by atoms with Gasteiger partial charge in [-0.15, -0.1) is 0 Å². The van der Waals surface area contributed by atoms with Crippen molar-refractivity contribution in [2.24, 2.45) is 16.2 Å². The van der Waals surface area contributed by atoms with Crippen molar-refractivity contribution in [1.82, 2.24) is 0 Å². The van der Waals surface area contributed by atoms with E-state index < -0.39 is 0 Å². The minimum atomic E-state index is -0.194. The molecule has 0 aliphatic heterocycles. The Hall–Kier alpha value is -0.0700. The fraction of sp³-hybridized carbons (Fsp3) is 1.00. The molecule has 0 N–H and O–H groups in total. The van der Waals surface area contributed by atoms with Crippen molar-refractivity contribution in [2.75, 3.05) is 6.67 Å². The van der Waals surface area contributed by atoms with Crippen molar-refractivity contribution in [1.29, 1.82) is 0 Å². The molecule has 0 aromatic heterocycles. The molecule has 1 atom stereocenters. The summed E-state index contributed by atoms with van der Waals surface area (Å²) in [5, 5.41) is 0. The smallest absolute Gasteiger partial charge is 0.0948 e. The van der Waals surface area contributed by atoms with Crippen LogP contribution in [0.2, 0.25) is 0 Å². The van der Waals surface area contributed by atoms with Gasteiger partial charge in [-0.1, -0.05) is 48.5 Å². The average Bonchev–Trinajstić information content (AvgIpc) is 1.97. The minimum Gasteiger partial charge on any atom is -0.251 e. The molecule has 0 radical (unpaired) electrons. The lowest BCUT2D eigenvalue weighted by molar-refractivity contribution is 0.118. The van der Waals surface area contributed by atoms with Crippen LogP contribution >= 0.6 is 0 Å². The average molecular weight is 216 g/mol. The quantitative estimate of drug-likeness (QED) is 0.604. The molecule has 0 aromatic rings.